The fourth-order valence-electron chi connectivity index (χ4n) is 1.84. The third-order valence-electron chi connectivity index (χ3n) is 2.93. The third-order valence-corrected chi connectivity index (χ3v) is 2.93. The number of hydrogen-bond acceptors (Lipinski definition) is 3. The van der Waals surface area contributed by atoms with E-state index in [4.69, 9.17) is 0 Å². The Morgan fingerprint density at radius 3 is 2.72 bits per heavy atom. The summed E-state index contributed by atoms with van der Waals surface area (Å²) in [6, 6.07) is 1.01. The van der Waals surface area contributed by atoms with Gasteiger partial charge in [-0.1, -0.05) is 12.2 Å². The minimum atomic E-state index is -2.70. The molecule has 0 saturated heterocycles. The van der Waals surface area contributed by atoms with E-state index in [-0.39, 0.29) is 12.3 Å². The van der Waals surface area contributed by atoms with Crippen molar-refractivity contribution in [3.8, 4) is 0 Å². The average molecular weight is 257 g/mol. The Balaban J connectivity index is 2.07. The minimum absolute atomic E-state index is 0.106. The van der Waals surface area contributed by atoms with Crippen LogP contribution in [0.3, 0.4) is 0 Å². The van der Waals surface area contributed by atoms with E-state index in [0.717, 1.165) is 6.07 Å². The summed E-state index contributed by atoms with van der Waals surface area (Å²) >= 11 is 0. The van der Waals surface area contributed by atoms with E-state index >= 15 is 0 Å². The number of aromatic nitrogens is 2. The zero-order chi connectivity index (χ0) is 13.2. The number of hydrogen-bond donors (Lipinski definition) is 3. The summed E-state index contributed by atoms with van der Waals surface area (Å²) in [5.74, 6) is -0.573. The van der Waals surface area contributed by atoms with Gasteiger partial charge in [0, 0.05) is 0 Å². The maximum atomic E-state index is 12.3. The Bertz CT molecular complexity index is 463. The zero-order valence-electron chi connectivity index (χ0n) is 9.49. The molecule has 0 saturated carbocycles. The van der Waals surface area contributed by atoms with Crippen LogP contribution in [0.1, 0.15) is 35.4 Å². The Labute approximate surface area is 102 Å². The van der Waals surface area contributed by atoms with E-state index < -0.39 is 23.6 Å². The zero-order valence-corrected chi connectivity index (χ0v) is 9.49. The van der Waals surface area contributed by atoms with Crippen molar-refractivity contribution in [2.45, 2.75) is 24.8 Å². The first-order valence-corrected chi connectivity index (χ1v) is 5.48. The molecule has 1 amide bonds. The molecule has 1 aromatic heterocycles. The number of carbonyl (C=O) groups excluding carboxylic acids is 1. The molecule has 1 heterocycles. The number of nitrogens with zero attached hydrogens (tertiary/aromatic N) is 1. The Morgan fingerprint density at radius 2 is 2.22 bits per heavy atom. The van der Waals surface area contributed by atoms with Gasteiger partial charge in [0.1, 0.15) is 11.4 Å². The van der Waals surface area contributed by atoms with Crippen molar-refractivity contribution < 1.29 is 18.7 Å². The van der Waals surface area contributed by atoms with Gasteiger partial charge in [-0.25, -0.2) is 8.78 Å². The molecule has 18 heavy (non-hydrogen) atoms. The number of aliphatic hydroxyl groups is 1. The van der Waals surface area contributed by atoms with Crippen molar-refractivity contribution in [1.82, 2.24) is 15.5 Å². The van der Waals surface area contributed by atoms with E-state index in [9.17, 15) is 18.7 Å². The number of amides is 1. The number of alkyl halides is 2. The van der Waals surface area contributed by atoms with Gasteiger partial charge in [0.25, 0.3) is 12.3 Å². The predicted octanol–water partition coefficient (Wildman–Crippen LogP) is 1.16. The maximum absolute atomic E-state index is 12.3. The molecule has 0 aromatic carbocycles. The van der Waals surface area contributed by atoms with E-state index in [0.29, 0.717) is 12.8 Å². The van der Waals surface area contributed by atoms with Crippen LogP contribution >= 0.6 is 0 Å². The first kappa shape index (κ1) is 12.7. The summed E-state index contributed by atoms with van der Waals surface area (Å²) in [5, 5.41) is 17.6. The molecule has 0 radical (unpaired) electrons. The molecule has 0 spiro atoms. The van der Waals surface area contributed by atoms with E-state index in [1.165, 1.54) is 0 Å². The van der Waals surface area contributed by atoms with Crippen LogP contribution in [0.25, 0.3) is 0 Å². The number of H-pyrrole nitrogens is 1. The molecule has 7 heteroatoms. The molecular formula is C11H13F2N3O2. The smallest absolute Gasteiger partial charge is 0.279 e. The van der Waals surface area contributed by atoms with E-state index in [2.05, 4.69) is 15.5 Å². The summed E-state index contributed by atoms with van der Waals surface area (Å²) in [6.45, 7) is -0.210. The lowest BCUT2D eigenvalue weighted by Crippen LogP contribution is -2.49. The van der Waals surface area contributed by atoms with Crippen LogP contribution in [0.2, 0.25) is 0 Å². The second kappa shape index (κ2) is 4.85. The van der Waals surface area contributed by atoms with Crippen molar-refractivity contribution in [2.75, 3.05) is 6.61 Å². The molecule has 1 aliphatic carbocycles. The number of aromatic amines is 1. The molecule has 1 aromatic rings. The first-order valence-electron chi connectivity index (χ1n) is 5.48. The number of nitrogens with one attached hydrogen (secondary N) is 2. The highest BCUT2D eigenvalue weighted by Gasteiger charge is 2.32. The van der Waals surface area contributed by atoms with Crippen molar-refractivity contribution in [3.63, 3.8) is 0 Å². The summed E-state index contributed by atoms with van der Waals surface area (Å²) in [5.41, 5.74) is -1.24. The molecule has 98 valence electrons. The van der Waals surface area contributed by atoms with Crippen molar-refractivity contribution >= 4 is 5.91 Å². The summed E-state index contributed by atoms with van der Waals surface area (Å²) in [7, 11) is 0. The predicted molar refractivity (Wildman–Crippen MR) is 59.2 cm³/mol. The molecular weight excluding hydrogens is 244 g/mol. The normalized spacial score (nSPS) is 17.3. The number of rotatable bonds is 4. The molecule has 0 fully saturated rings. The molecule has 0 bridgehead atoms. The third kappa shape index (κ3) is 2.40. The van der Waals surface area contributed by atoms with Gasteiger partial charge in [0.15, 0.2) is 0 Å². The molecule has 3 N–H and O–H groups in total. The second-order valence-electron chi connectivity index (χ2n) is 4.28. The van der Waals surface area contributed by atoms with Gasteiger partial charge in [0.2, 0.25) is 0 Å². The van der Waals surface area contributed by atoms with Crippen LogP contribution in [0, 0.1) is 0 Å². The highest BCUT2D eigenvalue weighted by atomic mass is 19.3. The van der Waals surface area contributed by atoms with Crippen LogP contribution in [-0.2, 0) is 0 Å². The summed E-state index contributed by atoms with van der Waals surface area (Å²) in [6.07, 6.45) is 2.04. The Kier molecular flexibility index (Phi) is 3.42. The lowest BCUT2D eigenvalue weighted by molar-refractivity contribution is 0.0840. The minimum Gasteiger partial charge on any atom is -0.394 e. The summed E-state index contributed by atoms with van der Waals surface area (Å²) in [4.78, 5) is 11.8. The molecule has 2 rings (SSSR count). The van der Waals surface area contributed by atoms with Crippen molar-refractivity contribution in [1.29, 1.82) is 0 Å². The molecule has 5 nitrogen and oxygen atoms in total. The van der Waals surface area contributed by atoms with Gasteiger partial charge in [-0.05, 0) is 18.9 Å². The fraction of sp³-hybridized carbons (Fsp3) is 0.455. The topological polar surface area (TPSA) is 78.0 Å². The standard InChI is InChI=1S/C11H13F2N3O2/c12-9(13)7-5-8(16-15-7)10(18)14-11(6-17)3-1-2-4-11/h1-2,5,9,17H,3-4,6H2,(H,14,18)(H,15,16). The van der Waals surface area contributed by atoms with Crippen LogP contribution in [-0.4, -0.2) is 33.4 Å². The van der Waals surface area contributed by atoms with Gasteiger partial charge in [-0.2, -0.15) is 5.10 Å². The molecule has 0 unspecified atom stereocenters. The number of halogens is 2. The summed E-state index contributed by atoms with van der Waals surface area (Å²) < 4.78 is 24.7. The second-order valence-corrected chi connectivity index (χ2v) is 4.28. The highest BCUT2D eigenvalue weighted by molar-refractivity contribution is 5.93. The average Bonchev–Trinajstić information content (AvgIpc) is 2.98. The molecule has 0 atom stereocenters. The van der Waals surface area contributed by atoms with Gasteiger partial charge in [0.05, 0.1) is 12.1 Å². The number of aliphatic hydroxyl groups excluding tert-OH is 1. The quantitative estimate of drug-likeness (QED) is 0.708. The lowest BCUT2D eigenvalue weighted by Gasteiger charge is -2.27. The van der Waals surface area contributed by atoms with Crippen molar-refractivity contribution in [2.24, 2.45) is 0 Å². The molecule has 0 aliphatic heterocycles. The monoisotopic (exact) mass is 257 g/mol. The maximum Gasteiger partial charge on any atom is 0.279 e. The Hall–Kier alpha value is -1.76. The van der Waals surface area contributed by atoms with Gasteiger partial charge in [-0.15, -0.1) is 0 Å². The largest absolute Gasteiger partial charge is 0.394 e. The van der Waals surface area contributed by atoms with Crippen LogP contribution in [0.5, 0.6) is 0 Å². The van der Waals surface area contributed by atoms with E-state index in [1.54, 1.807) is 0 Å². The molecule has 1 aliphatic rings. The van der Waals surface area contributed by atoms with Gasteiger partial charge >= 0.3 is 0 Å². The van der Waals surface area contributed by atoms with E-state index in [1.807, 2.05) is 12.2 Å². The fourth-order valence-corrected chi connectivity index (χ4v) is 1.84. The number of carbonyl (C=O) groups is 1. The van der Waals surface area contributed by atoms with Crippen LogP contribution in [0.15, 0.2) is 18.2 Å². The van der Waals surface area contributed by atoms with Crippen LogP contribution < -0.4 is 5.32 Å². The lowest BCUT2D eigenvalue weighted by atomic mass is 9.97. The van der Waals surface area contributed by atoms with Gasteiger partial charge < -0.3 is 10.4 Å². The Morgan fingerprint density at radius 1 is 1.56 bits per heavy atom. The van der Waals surface area contributed by atoms with Gasteiger partial charge in [-0.3, -0.25) is 9.89 Å². The SMILES string of the molecule is O=C(NC1(CO)CC=CC1)c1cc(C(F)F)[nH]n1. The first-order chi connectivity index (χ1) is 8.56. The van der Waals surface area contributed by atoms with Crippen molar-refractivity contribution in [3.05, 3.63) is 29.6 Å². The van der Waals surface area contributed by atoms with Crippen LogP contribution in [0.4, 0.5) is 8.78 Å². The highest BCUT2D eigenvalue weighted by Crippen LogP contribution is 2.23.